The fourth-order valence-corrected chi connectivity index (χ4v) is 2.80. The summed E-state index contributed by atoms with van der Waals surface area (Å²) in [5.41, 5.74) is 0.351. The van der Waals surface area contributed by atoms with Gasteiger partial charge < -0.3 is 9.84 Å². The van der Waals surface area contributed by atoms with Crippen LogP contribution >= 0.6 is 0 Å². The average Bonchev–Trinajstić information content (AvgIpc) is 2.90. The molecular weight excluding hydrogens is 261 g/mol. The fraction of sp³-hybridized carbons (Fsp3) is 0.533. The third-order valence-corrected chi connectivity index (χ3v) is 3.84. The van der Waals surface area contributed by atoms with Crippen molar-refractivity contribution < 1.29 is 19.0 Å². The topological polar surface area (TPSA) is 49.8 Å². The summed E-state index contributed by atoms with van der Waals surface area (Å²) >= 11 is 0. The second-order valence-electron chi connectivity index (χ2n) is 5.11. The van der Waals surface area contributed by atoms with Gasteiger partial charge in [0.2, 0.25) is 0 Å². The van der Waals surface area contributed by atoms with Gasteiger partial charge >= 0.3 is 5.97 Å². The first-order valence-corrected chi connectivity index (χ1v) is 6.84. The van der Waals surface area contributed by atoms with E-state index < -0.39 is 17.8 Å². The van der Waals surface area contributed by atoms with Crippen LogP contribution in [-0.2, 0) is 9.53 Å². The van der Waals surface area contributed by atoms with E-state index in [-0.39, 0.29) is 6.61 Å². The van der Waals surface area contributed by atoms with E-state index in [2.05, 4.69) is 0 Å². The SMILES string of the molecule is COC(=O)[C@H](c1ccccc1F)N1CC[C@H](CCO)C1. The molecule has 0 unspecified atom stereocenters. The Hall–Kier alpha value is -1.46. The van der Waals surface area contributed by atoms with Gasteiger partial charge in [0.05, 0.1) is 7.11 Å². The third kappa shape index (κ3) is 3.16. The molecule has 1 aliphatic heterocycles. The number of hydrogen-bond donors (Lipinski definition) is 1. The number of esters is 1. The van der Waals surface area contributed by atoms with Crippen LogP contribution in [0, 0.1) is 11.7 Å². The molecule has 1 aliphatic rings. The Morgan fingerprint density at radius 2 is 2.30 bits per heavy atom. The van der Waals surface area contributed by atoms with E-state index in [1.807, 2.05) is 4.90 Å². The molecule has 110 valence electrons. The van der Waals surface area contributed by atoms with Crippen LogP contribution in [0.25, 0.3) is 0 Å². The Morgan fingerprint density at radius 3 is 2.95 bits per heavy atom. The van der Waals surface area contributed by atoms with Crippen molar-refractivity contribution >= 4 is 5.97 Å². The molecule has 2 atom stereocenters. The van der Waals surface area contributed by atoms with Crippen molar-refractivity contribution in [2.75, 3.05) is 26.8 Å². The van der Waals surface area contributed by atoms with Crippen LogP contribution in [0.3, 0.4) is 0 Å². The van der Waals surface area contributed by atoms with Crippen molar-refractivity contribution in [1.29, 1.82) is 0 Å². The van der Waals surface area contributed by atoms with Crippen LogP contribution in [0.1, 0.15) is 24.4 Å². The van der Waals surface area contributed by atoms with Crippen LogP contribution < -0.4 is 0 Å². The maximum Gasteiger partial charge on any atom is 0.327 e. The summed E-state index contributed by atoms with van der Waals surface area (Å²) in [6.07, 6.45) is 1.62. The van der Waals surface area contributed by atoms with Gasteiger partial charge in [-0.05, 0) is 31.4 Å². The molecule has 0 bridgehead atoms. The Labute approximate surface area is 118 Å². The van der Waals surface area contributed by atoms with Gasteiger partial charge in [-0.3, -0.25) is 4.90 Å². The number of benzene rings is 1. The zero-order valence-corrected chi connectivity index (χ0v) is 11.6. The molecule has 1 N–H and O–H groups in total. The molecule has 20 heavy (non-hydrogen) atoms. The molecule has 0 saturated carbocycles. The predicted octanol–water partition coefficient (Wildman–Crippen LogP) is 1.74. The second-order valence-corrected chi connectivity index (χ2v) is 5.11. The van der Waals surface area contributed by atoms with Gasteiger partial charge in [0, 0.05) is 18.7 Å². The van der Waals surface area contributed by atoms with Crippen molar-refractivity contribution in [3.8, 4) is 0 Å². The minimum atomic E-state index is -0.704. The molecule has 1 heterocycles. The molecule has 0 amide bonds. The molecule has 1 saturated heterocycles. The summed E-state index contributed by atoms with van der Waals surface area (Å²) in [4.78, 5) is 14.0. The van der Waals surface area contributed by atoms with E-state index in [9.17, 15) is 9.18 Å². The zero-order chi connectivity index (χ0) is 14.5. The van der Waals surface area contributed by atoms with Gasteiger partial charge in [-0.25, -0.2) is 9.18 Å². The minimum absolute atomic E-state index is 0.140. The van der Waals surface area contributed by atoms with Crippen LogP contribution in [0.15, 0.2) is 24.3 Å². The highest BCUT2D eigenvalue weighted by Crippen LogP contribution is 2.31. The van der Waals surface area contributed by atoms with Gasteiger partial charge in [-0.15, -0.1) is 0 Å². The number of hydrogen-bond acceptors (Lipinski definition) is 4. The van der Waals surface area contributed by atoms with Crippen molar-refractivity contribution in [3.05, 3.63) is 35.6 Å². The van der Waals surface area contributed by atoms with Crippen molar-refractivity contribution in [2.24, 2.45) is 5.92 Å². The highest BCUT2D eigenvalue weighted by Gasteiger charge is 2.35. The number of carbonyl (C=O) groups is 1. The number of nitrogens with zero attached hydrogens (tertiary/aromatic N) is 1. The first kappa shape index (κ1) is 14.9. The number of rotatable bonds is 5. The number of ether oxygens (including phenoxy) is 1. The van der Waals surface area contributed by atoms with Crippen molar-refractivity contribution in [1.82, 2.24) is 4.90 Å². The van der Waals surface area contributed by atoms with Crippen LogP contribution in [0.2, 0.25) is 0 Å². The molecule has 0 aliphatic carbocycles. The highest BCUT2D eigenvalue weighted by atomic mass is 19.1. The highest BCUT2D eigenvalue weighted by molar-refractivity contribution is 5.77. The maximum atomic E-state index is 14.0. The fourth-order valence-electron chi connectivity index (χ4n) is 2.80. The first-order valence-electron chi connectivity index (χ1n) is 6.84. The Bertz CT molecular complexity index is 466. The Morgan fingerprint density at radius 1 is 1.55 bits per heavy atom. The number of aliphatic hydroxyl groups is 1. The molecule has 0 spiro atoms. The molecule has 0 aromatic heterocycles. The summed E-state index contributed by atoms with van der Waals surface area (Å²) in [5, 5.41) is 9.00. The monoisotopic (exact) mass is 281 g/mol. The molecule has 5 heteroatoms. The van der Waals surface area contributed by atoms with E-state index in [0.717, 1.165) is 6.42 Å². The van der Waals surface area contributed by atoms with Crippen molar-refractivity contribution in [3.63, 3.8) is 0 Å². The average molecular weight is 281 g/mol. The normalized spacial score (nSPS) is 20.9. The van der Waals surface area contributed by atoms with E-state index in [4.69, 9.17) is 9.84 Å². The summed E-state index contributed by atoms with van der Waals surface area (Å²) in [6, 6.07) is 5.59. The largest absolute Gasteiger partial charge is 0.468 e. The lowest BCUT2D eigenvalue weighted by Crippen LogP contribution is -2.34. The van der Waals surface area contributed by atoms with Gasteiger partial charge in [-0.1, -0.05) is 18.2 Å². The molecule has 1 aromatic carbocycles. The molecule has 2 rings (SSSR count). The maximum absolute atomic E-state index is 14.0. The predicted molar refractivity (Wildman–Crippen MR) is 72.5 cm³/mol. The van der Waals surface area contributed by atoms with Gasteiger partial charge in [0.25, 0.3) is 0 Å². The lowest BCUT2D eigenvalue weighted by molar-refractivity contribution is -0.147. The van der Waals surface area contributed by atoms with Crippen LogP contribution in [0.4, 0.5) is 4.39 Å². The number of halogens is 1. The van der Waals surface area contributed by atoms with Gasteiger partial charge in [0.1, 0.15) is 11.9 Å². The van der Waals surface area contributed by atoms with E-state index in [1.165, 1.54) is 13.2 Å². The second kappa shape index (κ2) is 6.81. The summed E-state index contributed by atoms with van der Waals surface area (Å²) in [7, 11) is 1.32. The van der Waals surface area contributed by atoms with E-state index in [1.54, 1.807) is 18.2 Å². The van der Waals surface area contributed by atoms with Gasteiger partial charge in [0.15, 0.2) is 0 Å². The van der Waals surface area contributed by atoms with Gasteiger partial charge in [-0.2, -0.15) is 0 Å². The number of methoxy groups -OCH3 is 1. The number of aliphatic hydroxyl groups excluding tert-OH is 1. The summed E-state index contributed by atoms with van der Waals surface area (Å²) in [5.74, 6) is -0.493. The van der Waals surface area contributed by atoms with E-state index in [0.29, 0.717) is 31.0 Å². The van der Waals surface area contributed by atoms with Crippen molar-refractivity contribution in [2.45, 2.75) is 18.9 Å². The third-order valence-electron chi connectivity index (χ3n) is 3.84. The quantitative estimate of drug-likeness (QED) is 0.835. The number of likely N-dealkylation sites (tertiary alicyclic amines) is 1. The first-order chi connectivity index (χ1) is 9.67. The molecule has 4 nitrogen and oxygen atoms in total. The molecule has 0 radical (unpaired) electrons. The van der Waals surface area contributed by atoms with Crippen LogP contribution in [-0.4, -0.2) is 42.8 Å². The standard InChI is InChI=1S/C15H20FNO3/c1-20-15(19)14(12-4-2-3-5-13(12)16)17-8-6-11(10-17)7-9-18/h2-5,11,14,18H,6-10H2,1H3/t11-,14+/m1/s1. The smallest absolute Gasteiger partial charge is 0.327 e. The molecule has 1 fully saturated rings. The zero-order valence-electron chi connectivity index (χ0n) is 11.6. The molecule has 1 aromatic rings. The summed E-state index contributed by atoms with van der Waals surface area (Å²) < 4.78 is 18.8. The minimum Gasteiger partial charge on any atom is -0.468 e. The lowest BCUT2D eigenvalue weighted by Gasteiger charge is -2.26. The number of carbonyl (C=O) groups excluding carboxylic acids is 1. The Kier molecular flexibility index (Phi) is 5.09. The molecular formula is C15H20FNO3. The lowest BCUT2D eigenvalue weighted by atomic mass is 10.0. The Balaban J connectivity index is 2.21. The summed E-state index contributed by atoms with van der Waals surface area (Å²) in [6.45, 7) is 1.52. The van der Waals surface area contributed by atoms with Crippen LogP contribution in [0.5, 0.6) is 0 Å². The van der Waals surface area contributed by atoms with E-state index >= 15 is 0 Å².